The fraction of sp³-hybridized carbons (Fsp3) is 0.412. The van der Waals surface area contributed by atoms with Crippen molar-refractivity contribution in [2.45, 2.75) is 24.4 Å². The van der Waals surface area contributed by atoms with Crippen LogP contribution in [-0.2, 0) is 10.2 Å². The normalized spacial score (nSPS) is 28.1. The highest BCUT2D eigenvalue weighted by Gasteiger charge is 2.54. The number of halogens is 1. The van der Waals surface area contributed by atoms with Crippen LogP contribution in [0.15, 0.2) is 22.7 Å². The summed E-state index contributed by atoms with van der Waals surface area (Å²) in [5.74, 6) is 1.19. The molecule has 3 aliphatic rings. The molecule has 1 aliphatic carbocycles. The van der Waals surface area contributed by atoms with Crippen LogP contribution < -0.4 is 9.47 Å². The van der Waals surface area contributed by atoms with Crippen molar-refractivity contribution in [1.29, 1.82) is 0 Å². The molecule has 0 bridgehead atoms. The maximum Gasteiger partial charge on any atom is 0.255 e. The fourth-order valence-electron chi connectivity index (χ4n) is 3.86. The minimum absolute atomic E-state index is 0.0396. The summed E-state index contributed by atoms with van der Waals surface area (Å²) in [6, 6.07) is 1.77. The SMILES string of the molecule is COc1cc(Br)c2c3c1O[C@@H]1CC(=O)C=C[C@]31CCN(C)C2=O. The van der Waals surface area contributed by atoms with Crippen molar-refractivity contribution in [3.63, 3.8) is 0 Å². The predicted molar refractivity (Wildman–Crippen MR) is 87.1 cm³/mol. The summed E-state index contributed by atoms with van der Waals surface area (Å²) in [5.41, 5.74) is 1.02. The molecule has 0 aromatic heterocycles. The third kappa shape index (κ3) is 1.84. The van der Waals surface area contributed by atoms with Crippen LogP contribution in [0.2, 0.25) is 0 Å². The molecule has 0 saturated carbocycles. The van der Waals surface area contributed by atoms with E-state index in [1.807, 2.05) is 6.08 Å². The van der Waals surface area contributed by atoms with Gasteiger partial charge in [-0.25, -0.2) is 0 Å². The summed E-state index contributed by atoms with van der Waals surface area (Å²) in [6.07, 6.45) is 4.32. The molecule has 4 rings (SSSR count). The van der Waals surface area contributed by atoms with E-state index in [4.69, 9.17) is 9.47 Å². The van der Waals surface area contributed by atoms with Gasteiger partial charge >= 0.3 is 0 Å². The molecule has 0 fully saturated rings. The zero-order valence-corrected chi connectivity index (χ0v) is 14.5. The number of hydrogen-bond donors (Lipinski definition) is 0. The van der Waals surface area contributed by atoms with Crippen molar-refractivity contribution >= 4 is 27.6 Å². The summed E-state index contributed by atoms with van der Waals surface area (Å²) in [5, 5.41) is 0. The number of benzene rings is 1. The van der Waals surface area contributed by atoms with Crippen LogP contribution in [0.1, 0.15) is 28.8 Å². The Balaban J connectivity index is 2.07. The van der Waals surface area contributed by atoms with E-state index in [0.717, 1.165) is 12.0 Å². The van der Waals surface area contributed by atoms with Gasteiger partial charge in [0.15, 0.2) is 17.3 Å². The van der Waals surface area contributed by atoms with Crippen LogP contribution in [0.25, 0.3) is 0 Å². The van der Waals surface area contributed by atoms with Crippen LogP contribution in [0.5, 0.6) is 11.5 Å². The molecule has 1 amide bonds. The second-order valence-electron chi connectivity index (χ2n) is 6.27. The van der Waals surface area contributed by atoms with Gasteiger partial charge in [0.05, 0.1) is 18.1 Å². The van der Waals surface area contributed by atoms with Crippen LogP contribution in [0, 0.1) is 0 Å². The highest BCUT2D eigenvalue weighted by molar-refractivity contribution is 9.10. The number of nitrogens with zero attached hydrogens (tertiary/aromatic N) is 1. The molecule has 0 unspecified atom stereocenters. The average Bonchev–Trinajstić information content (AvgIpc) is 2.80. The van der Waals surface area contributed by atoms with Gasteiger partial charge in [0.2, 0.25) is 0 Å². The molecular weight excluding hydrogens is 362 g/mol. The number of carbonyl (C=O) groups excluding carboxylic acids is 2. The van der Waals surface area contributed by atoms with E-state index >= 15 is 0 Å². The Morgan fingerprint density at radius 3 is 2.96 bits per heavy atom. The molecular formula is C17H16BrNO4. The Kier molecular flexibility index (Phi) is 3.10. The Labute approximate surface area is 142 Å². The predicted octanol–water partition coefficient (Wildman–Crippen LogP) is 2.46. The summed E-state index contributed by atoms with van der Waals surface area (Å²) in [7, 11) is 3.38. The monoisotopic (exact) mass is 377 g/mol. The maximum atomic E-state index is 12.8. The number of ether oxygens (including phenoxy) is 2. The molecule has 2 atom stereocenters. The number of methoxy groups -OCH3 is 1. The number of amides is 1. The first-order valence-electron chi connectivity index (χ1n) is 7.53. The highest BCUT2D eigenvalue weighted by Crippen LogP contribution is 2.56. The number of allylic oxidation sites excluding steroid dienone is 1. The molecule has 5 nitrogen and oxygen atoms in total. The third-order valence-electron chi connectivity index (χ3n) is 5.09. The molecule has 6 heteroatoms. The second-order valence-corrected chi connectivity index (χ2v) is 7.12. The molecule has 1 aromatic carbocycles. The van der Waals surface area contributed by atoms with Crippen molar-refractivity contribution in [2.75, 3.05) is 20.7 Å². The van der Waals surface area contributed by atoms with Gasteiger partial charge in [-0.1, -0.05) is 6.08 Å². The smallest absolute Gasteiger partial charge is 0.255 e. The zero-order chi connectivity index (χ0) is 16.4. The number of carbonyl (C=O) groups is 2. The fourth-order valence-corrected chi connectivity index (χ4v) is 4.44. The summed E-state index contributed by atoms with van der Waals surface area (Å²) >= 11 is 3.52. The molecule has 23 heavy (non-hydrogen) atoms. The molecule has 120 valence electrons. The van der Waals surface area contributed by atoms with Crippen LogP contribution in [0.4, 0.5) is 0 Å². The molecule has 2 aliphatic heterocycles. The summed E-state index contributed by atoms with van der Waals surface area (Å²) in [6.45, 7) is 0.611. The van der Waals surface area contributed by atoms with Gasteiger partial charge in [0.1, 0.15) is 6.10 Å². The zero-order valence-electron chi connectivity index (χ0n) is 12.9. The first-order valence-corrected chi connectivity index (χ1v) is 8.32. The van der Waals surface area contributed by atoms with E-state index in [-0.39, 0.29) is 17.8 Å². The summed E-state index contributed by atoms with van der Waals surface area (Å²) < 4.78 is 12.3. The number of ketones is 1. The standard InChI is InChI=1S/C17H16BrNO4/c1-19-6-5-17-4-3-9(20)7-12(17)23-15-11(22-2)8-10(18)13(14(15)17)16(19)21/h3-4,8,12H,5-7H2,1-2H3/t12-,17-/m1/s1. The average molecular weight is 378 g/mol. The Morgan fingerprint density at radius 2 is 2.22 bits per heavy atom. The van der Waals surface area contributed by atoms with E-state index in [0.29, 0.717) is 34.5 Å². The van der Waals surface area contributed by atoms with E-state index < -0.39 is 5.41 Å². The van der Waals surface area contributed by atoms with Gasteiger partial charge in [-0.15, -0.1) is 0 Å². The maximum absolute atomic E-state index is 12.8. The van der Waals surface area contributed by atoms with Crippen LogP contribution >= 0.6 is 15.9 Å². The van der Waals surface area contributed by atoms with Crippen molar-refractivity contribution < 1.29 is 19.1 Å². The second kappa shape index (κ2) is 4.84. The van der Waals surface area contributed by atoms with Crippen molar-refractivity contribution in [3.8, 4) is 11.5 Å². The van der Waals surface area contributed by atoms with E-state index in [1.54, 1.807) is 31.2 Å². The largest absolute Gasteiger partial charge is 0.493 e. The topological polar surface area (TPSA) is 55.8 Å². The Morgan fingerprint density at radius 1 is 1.43 bits per heavy atom. The number of rotatable bonds is 1. The van der Waals surface area contributed by atoms with Gasteiger partial charge < -0.3 is 14.4 Å². The van der Waals surface area contributed by atoms with Crippen molar-refractivity contribution in [2.24, 2.45) is 0 Å². The Hall–Kier alpha value is -1.82. The van der Waals surface area contributed by atoms with Gasteiger partial charge in [-0.2, -0.15) is 0 Å². The molecule has 0 saturated heterocycles. The molecule has 0 N–H and O–H groups in total. The number of hydrogen-bond acceptors (Lipinski definition) is 4. The van der Waals surface area contributed by atoms with Crippen molar-refractivity contribution in [3.05, 3.63) is 33.8 Å². The molecule has 0 radical (unpaired) electrons. The van der Waals surface area contributed by atoms with E-state index in [1.165, 1.54) is 0 Å². The first kappa shape index (κ1) is 14.8. The van der Waals surface area contributed by atoms with Crippen molar-refractivity contribution in [1.82, 2.24) is 4.90 Å². The van der Waals surface area contributed by atoms with E-state index in [2.05, 4.69) is 15.9 Å². The summed E-state index contributed by atoms with van der Waals surface area (Å²) in [4.78, 5) is 26.4. The van der Waals surface area contributed by atoms with Crippen LogP contribution in [0.3, 0.4) is 0 Å². The van der Waals surface area contributed by atoms with E-state index in [9.17, 15) is 9.59 Å². The lowest BCUT2D eigenvalue weighted by Gasteiger charge is -2.33. The first-order chi connectivity index (χ1) is 11.0. The van der Waals surface area contributed by atoms with Gasteiger partial charge in [0, 0.05) is 30.0 Å². The van der Waals surface area contributed by atoms with Gasteiger partial charge in [-0.05, 0) is 34.5 Å². The van der Waals surface area contributed by atoms with Crippen LogP contribution in [-0.4, -0.2) is 43.4 Å². The quantitative estimate of drug-likeness (QED) is 0.754. The molecule has 1 aromatic rings. The van der Waals surface area contributed by atoms with Gasteiger partial charge in [0.25, 0.3) is 5.91 Å². The minimum Gasteiger partial charge on any atom is -0.493 e. The Bertz CT molecular complexity index is 772. The molecule has 2 heterocycles. The minimum atomic E-state index is -0.448. The highest BCUT2D eigenvalue weighted by atomic mass is 79.9. The lowest BCUT2D eigenvalue weighted by Crippen LogP contribution is -2.41. The lowest BCUT2D eigenvalue weighted by molar-refractivity contribution is -0.117. The lowest BCUT2D eigenvalue weighted by atomic mass is 9.69. The third-order valence-corrected chi connectivity index (χ3v) is 5.72. The molecule has 1 spiro atoms. The van der Waals surface area contributed by atoms with Gasteiger partial charge in [-0.3, -0.25) is 9.59 Å².